The van der Waals surface area contributed by atoms with Crippen LogP contribution >= 0.6 is 0 Å². The van der Waals surface area contributed by atoms with Gasteiger partial charge in [-0.1, -0.05) is 37.6 Å². The number of nitrogens with one attached hydrogen (secondary N) is 3. The predicted molar refractivity (Wildman–Crippen MR) is 146 cm³/mol. The molecule has 9 heteroatoms. The number of amides is 2. The minimum Gasteiger partial charge on any atom is -0.449 e. The first kappa shape index (κ1) is 31.0. The van der Waals surface area contributed by atoms with Gasteiger partial charge in [-0.2, -0.15) is 0 Å². The molecular formula is C29H43N3O6. The number of carbonyl (C=O) groups excluding carboxylic acids is 4. The summed E-state index contributed by atoms with van der Waals surface area (Å²) >= 11 is 0. The second-order valence-electron chi connectivity index (χ2n) is 9.69. The lowest BCUT2D eigenvalue weighted by Gasteiger charge is -2.19. The quantitative estimate of drug-likeness (QED) is 0.205. The van der Waals surface area contributed by atoms with Crippen LogP contribution in [0.4, 0.5) is 4.79 Å². The number of carbonyl (C=O) groups is 4. The highest BCUT2D eigenvalue weighted by Gasteiger charge is 2.19. The fourth-order valence-corrected chi connectivity index (χ4v) is 4.14. The lowest BCUT2D eigenvalue weighted by atomic mass is 9.90. The monoisotopic (exact) mass is 529 g/mol. The van der Waals surface area contributed by atoms with Gasteiger partial charge >= 0.3 is 6.09 Å². The van der Waals surface area contributed by atoms with Gasteiger partial charge in [-0.05, 0) is 51.0 Å². The molecular weight excluding hydrogens is 486 g/mol. The maximum atomic E-state index is 12.9. The fraction of sp³-hybridized carbons (Fsp3) is 0.586. The molecule has 1 aromatic rings. The lowest BCUT2D eigenvalue weighted by molar-refractivity contribution is -0.126. The van der Waals surface area contributed by atoms with E-state index in [0.717, 1.165) is 61.8 Å². The summed E-state index contributed by atoms with van der Waals surface area (Å²) in [7, 11) is 1.86. The SMILES string of the molecule is CNC1=C(C(=O)c2ccc(CNC(=O)COCCCOC(=O)NCCCCC(C)C(C)=O)cc2)CCCC1. The first-order chi connectivity index (χ1) is 18.3. The van der Waals surface area contributed by atoms with E-state index in [1.165, 1.54) is 0 Å². The average Bonchev–Trinajstić information content (AvgIpc) is 2.93. The van der Waals surface area contributed by atoms with E-state index in [1.54, 1.807) is 19.1 Å². The van der Waals surface area contributed by atoms with Crippen LogP contribution in [-0.4, -0.2) is 57.0 Å². The van der Waals surface area contributed by atoms with E-state index in [0.29, 0.717) is 31.7 Å². The number of ether oxygens (including phenoxy) is 2. The Labute approximate surface area is 226 Å². The summed E-state index contributed by atoms with van der Waals surface area (Å²) in [6.45, 7) is 4.78. The van der Waals surface area contributed by atoms with Crippen LogP contribution in [0.2, 0.25) is 0 Å². The van der Waals surface area contributed by atoms with Crippen molar-refractivity contribution < 1.29 is 28.7 Å². The van der Waals surface area contributed by atoms with Crippen LogP contribution in [0.1, 0.15) is 81.1 Å². The molecule has 0 heterocycles. The summed E-state index contributed by atoms with van der Waals surface area (Å²) in [5.41, 5.74) is 3.46. The van der Waals surface area contributed by atoms with Gasteiger partial charge in [-0.15, -0.1) is 0 Å². The highest BCUT2D eigenvalue weighted by atomic mass is 16.5. The third kappa shape index (κ3) is 11.5. The molecule has 0 aromatic heterocycles. The van der Waals surface area contributed by atoms with Gasteiger partial charge in [0.2, 0.25) is 5.91 Å². The zero-order valence-electron chi connectivity index (χ0n) is 23.0. The molecule has 1 aliphatic carbocycles. The number of hydrogen-bond donors (Lipinski definition) is 3. The zero-order chi connectivity index (χ0) is 27.8. The Morgan fingerprint density at radius 1 is 0.947 bits per heavy atom. The van der Waals surface area contributed by atoms with Crippen LogP contribution in [-0.2, 0) is 25.6 Å². The van der Waals surface area contributed by atoms with E-state index in [2.05, 4.69) is 16.0 Å². The van der Waals surface area contributed by atoms with Crippen LogP contribution in [0.25, 0.3) is 0 Å². The van der Waals surface area contributed by atoms with Crippen molar-refractivity contribution in [2.75, 3.05) is 33.4 Å². The summed E-state index contributed by atoms with van der Waals surface area (Å²) in [5.74, 6) is 0.0698. The summed E-state index contributed by atoms with van der Waals surface area (Å²) in [5, 5.41) is 8.65. The molecule has 0 fully saturated rings. The first-order valence-electron chi connectivity index (χ1n) is 13.6. The zero-order valence-corrected chi connectivity index (χ0v) is 23.0. The Kier molecular flexibility index (Phi) is 14.2. The van der Waals surface area contributed by atoms with Crippen LogP contribution in [0.5, 0.6) is 0 Å². The Morgan fingerprint density at radius 2 is 1.68 bits per heavy atom. The number of rotatable bonds is 17. The smallest absolute Gasteiger partial charge is 0.407 e. The van der Waals surface area contributed by atoms with Crippen molar-refractivity contribution in [2.24, 2.45) is 5.92 Å². The molecule has 38 heavy (non-hydrogen) atoms. The van der Waals surface area contributed by atoms with E-state index < -0.39 is 6.09 Å². The molecule has 2 amide bonds. The molecule has 1 aromatic carbocycles. The average molecular weight is 530 g/mol. The summed E-state index contributed by atoms with van der Waals surface area (Å²) in [6.07, 6.45) is 6.34. The number of allylic oxidation sites excluding steroid dienone is 2. The molecule has 1 aliphatic rings. The maximum absolute atomic E-state index is 12.9. The van der Waals surface area contributed by atoms with Crippen molar-refractivity contribution in [2.45, 2.75) is 71.8 Å². The summed E-state index contributed by atoms with van der Waals surface area (Å²) < 4.78 is 10.4. The van der Waals surface area contributed by atoms with Crippen molar-refractivity contribution in [3.05, 3.63) is 46.7 Å². The number of ketones is 2. The van der Waals surface area contributed by atoms with E-state index in [1.807, 2.05) is 26.1 Å². The van der Waals surface area contributed by atoms with Gasteiger partial charge in [-0.3, -0.25) is 14.4 Å². The number of unbranched alkanes of at least 4 members (excludes halogenated alkanes) is 1. The van der Waals surface area contributed by atoms with Gasteiger partial charge in [-0.25, -0.2) is 4.79 Å². The molecule has 0 saturated heterocycles. The van der Waals surface area contributed by atoms with Crippen molar-refractivity contribution in [3.8, 4) is 0 Å². The molecule has 0 spiro atoms. The van der Waals surface area contributed by atoms with Crippen molar-refractivity contribution >= 4 is 23.6 Å². The third-order valence-corrected chi connectivity index (χ3v) is 6.68. The highest BCUT2D eigenvalue weighted by Crippen LogP contribution is 2.26. The molecule has 0 saturated carbocycles. The third-order valence-electron chi connectivity index (χ3n) is 6.68. The van der Waals surface area contributed by atoms with Gasteiger partial charge in [0, 0.05) is 49.3 Å². The lowest BCUT2D eigenvalue weighted by Crippen LogP contribution is -2.28. The fourth-order valence-electron chi connectivity index (χ4n) is 4.14. The number of hydrogen-bond acceptors (Lipinski definition) is 7. The molecule has 0 aliphatic heterocycles. The summed E-state index contributed by atoms with van der Waals surface area (Å²) in [4.78, 5) is 47.8. The molecule has 210 valence electrons. The van der Waals surface area contributed by atoms with Crippen LogP contribution in [0.15, 0.2) is 35.5 Å². The maximum Gasteiger partial charge on any atom is 0.407 e. The minimum atomic E-state index is -0.479. The molecule has 0 bridgehead atoms. The van der Waals surface area contributed by atoms with Crippen LogP contribution in [0.3, 0.4) is 0 Å². The van der Waals surface area contributed by atoms with Gasteiger partial charge in [0.25, 0.3) is 0 Å². The Morgan fingerprint density at radius 3 is 2.39 bits per heavy atom. The molecule has 1 atom stereocenters. The van der Waals surface area contributed by atoms with E-state index >= 15 is 0 Å². The van der Waals surface area contributed by atoms with Crippen LogP contribution < -0.4 is 16.0 Å². The minimum absolute atomic E-state index is 0.0591. The topological polar surface area (TPSA) is 123 Å². The second kappa shape index (κ2) is 17.3. The Hall–Kier alpha value is -3.20. The van der Waals surface area contributed by atoms with Crippen molar-refractivity contribution in [1.82, 2.24) is 16.0 Å². The summed E-state index contributed by atoms with van der Waals surface area (Å²) in [6, 6.07) is 7.32. The first-order valence-corrected chi connectivity index (χ1v) is 13.6. The predicted octanol–water partition coefficient (Wildman–Crippen LogP) is 4.06. The molecule has 1 unspecified atom stereocenters. The molecule has 0 radical (unpaired) electrons. The molecule has 2 rings (SSSR count). The van der Waals surface area contributed by atoms with E-state index in [9.17, 15) is 19.2 Å². The normalized spacial score (nSPS) is 14.0. The standard InChI is InChI=1S/C29H43N3O6/c1-21(22(2)33)9-6-7-16-31-29(36)38-18-8-17-37-20-27(34)32-19-23-12-14-24(15-13-23)28(35)25-10-4-5-11-26(25)30-3/h12-15,21,30H,4-11,16-20H2,1-3H3,(H,31,36)(H,32,34). The van der Waals surface area contributed by atoms with Gasteiger partial charge in [0.05, 0.1) is 13.2 Å². The van der Waals surface area contributed by atoms with Gasteiger partial charge in [0.1, 0.15) is 12.4 Å². The Balaban J connectivity index is 1.53. The van der Waals surface area contributed by atoms with E-state index in [4.69, 9.17) is 9.47 Å². The van der Waals surface area contributed by atoms with Gasteiger partial charge < -0.3 is 25.4 Å². The second-order valence-corrected chi connectivity index (χ2v) is 9.69. The molecule has 3 N–H and O–H groups in total. The number of Topliss-reactive ketones (excluding diaryl/α,β-unsaturated/α-hetero) is 2. The molecule has 9 nitrogen and oxygen atoms in total. The van der Waals surface area contributed by atoms with E-state index in [-0.39, 0.29) is 36.6 Å². The number of benzene rings is 1. The van der Waals surface area contributed by atoms with Crippen molar-refractivity contribution in [3.63, 3.8) is 0 Å². The van der Waals surface area contributed by atoms with Crippen molar-refractivity contribution in [1.29, 1.82) is 0 Å². The largest absolute Gasteiger partial charge is 0.449 e. The number of alkyl carbamates (subject to hydrolysis) is 1. The van der Waals surface area contributed by atoms with Gasteiger partial charge in [0.15, 0.2) is 5.78 Å². The Bertz CT molecular complexity index is 958. The van der Waals surface area contributed by atoms with Crippen LogP contribution in [0, 0.1) is 5.92 Å². The highest BCUT2D eigenvalue weighted by molar-refractivity contribution is 6.09.